The lowest BCUT2D eigenvalue weighted by Gasteiger charge is -2.12. The number of rotatable bonds is 6. The van der Waals surface area contributed by atoms with Crippen LogP contribution in [-0.4, -0.2) is 12.5 Å². The van der Waals surface area contributed by atoms with Gasteiger partial charge in [0.25, 0.3) is 5.91 Å². The molecule has 5 nitrogen and oxygen atoms in total. The summed E-state index contributed by atoms with van der Waals surface area (Å²) < 4.78 is 10.8. The van der Waals surface area contributed by atoms with Crippen molar-refractivity contribution in [3.63, 3.8) is 0 Å². The lowest BCUT2D eigenvalue weighted by molar-refractivity contribution is 0.102. The van der Waals surface area contributed by atoms with Crippen LogP contribution < -0.4 is 15.8 Å². The molecule has 0 aliphatic carbocycles. The number of benzene rings is 1. The van der Waals surface area contributed by atoms with Crippen molar-refractivity contribution in [2.45, 2.75) is 26.8 Å². The molecule has 0 saturated heterocycles. The third kappa shape index (κ3) is 4.51. The summed E-state index contributed by atoms with van der Waals surface area (Å²) in [4.78, 5) is 12.2. The van der Waals surface area contributed by atoms with Gasteiger partial charge in [-0.2, -0.15) is 0 Å². The van der Waals surface area contributed by atoms with E-state index in [1.807, 2.05) is 32.0 Å². The van der Waals surface area contributed by atoms with E-state index in [0.717, 1.165) is 12.0 Å². The molecular weight excluding hydrogens is 304 g/mol. The standard InChI is InChI=1S/C16H20N2O3.ClH/c1-3-6-20-15-7-11(2)4-5-14(15)18-16(19)12-8-13(9-17)21-10-12;/h4-5,7-8,10H,3,6,9,17H2,1-2H3,(H,18,19);1H. The molecule has 0 radical (unpaired) electrons. The third-order valence-corrected chi connectivity index (χ3v) is 2.96. The van der Waals surface area contributed by atoms with Crippen LogP contribution in [0.5, 0.6) is 5.75 Å². The average Bonchev–Trinajstić information content (AvgIpc) is 2.96. The maximum atomic E-state index is 12.2. The van der Waals surface area contributed by atoms with Crippen LogP contribution in [0.1, 0.15) is 35.0 Å². The van der Waals surface area contributed by atoms with Crippen molar-refractivity contribution in [1.29, 1.82) is 0 Å². The highest BCUT2D eigenvalue weighted by Gasteiger charge is 2.13. The summed E-state index contributed by atoms with van der Waals surface area (Å²) in [5.74, 6) is 1.00. The van der Waals surface area contributed by atoms with E-state index >= 15 is 0 Å². The van der Waals surface area contributed by atoms with Crippen LogP contribution in [0, 0.1) is 6.92 Å². The molecule has 120 valence electrons. The van der Waals surface area contributed by atoms with Crippen LogP contribution in [-0.2, 0) is 6.54 Å². The van der Waals surface area contributed by atoms with Gasteiger partial charge in [-0.25, -0.2) is 0 Å². The number of ether oxygens (including phenoxy) is 1. The third-order valence-electron chi connectivity index (χ3n) is 2.96. The van der Waals surface area contributed by atoms with Crippen molar-refractivity contribution in [2.75, 3.05) is 11.9 Å². The highest BCUT2D eigenvalue weighted by Crippen LogP contribution is 2.26. The lowest BCUT2D eigenvalue weighted by atomic mass is 10.2. The number of aryl methyl sites for hydroxylation is 1. The van der Waals surface area contributed by atoms with Crippen LogP contribution in [0.4, 0.5) is 5.69 Å². The Morgan fingerprint density at radius 2 is 2.14 bits per heavy atom. The van der Waals surface area contributed by atoms with E-state index in [9.17, 15) is 4.79 Å². The van der Waals surface area contributed by atoms with Gasteiger partial charge in [0.15, 0.2) is 0 Å². The second-order valence-corrected chi connectivity index (χ2v) is 4.81. The topological polar surface area (TPSA) is 77.5 Å². The number of nitrogens with one attached hydrogen (secondary N) is 1. The lowest BCUT2D eigenvalue weighted by Crippen LogP contribution is -2.12. The molecule has 1 aromatic heterocycles. The average molecular weight is 325 g/mol. The number of nitrogens with two attached hydrogens (primary N) is 1. The van der Waals surface area contributed by atoms with Gasteiger partial charge >= 0.3 is 0 Å². The molecule has 2 rings (SSSR count). The molecule has 1 aromatic carbocycles. The van der Waals surface area contributed by atoms with Crippen LogP contribution in [0.2, 0.25) is 0 Å². The Balaban J connectivity index is 0.00000242. The Morgan fingerprint density at radius 3 is 2.77 bits per heavy atom. The van der Waals surface area contributed by atoms with E-state index in [0.29, 0.717) is 29.4 Å². The molecule has 3 N–H and O–H groups in total. The van der Waals surface area contributed by atoms with Crippen molar-refractivity contribution in [1.82, 2.24) is 0 Å². The Hall–Kier alpha value is -1.98. The molecule has 6 heteroatoms. The summed E-state index contributed by atoms with van der Waals surface area (Å²) in [6.45, 7) is 4.89. The fourth-order valence-electron chi connectivity index (χ4n) is 1.87. The summed E-state index contributed by atoms with van der Waals surface area (Å²) in [6, 6.07) is 7.30. The van der Waals surface area contributed by atoms with Gasteiger partial charge in [0.05, 0.1) is 24.4 Å². The minimum absolute atomic E-state index is 0. The van der Waals surface area contributed by atoms with Gasteiger partial charge in [-0.3, -0.25) is 4.79 Å². The molecule has 0 aliphatic rings. The second-order valence-electron chi connectivity index (χ2n) is 4.81. The maximum Gasteiger partial charge on any atom is 0.259 e. The van der Waals surface area contributed by atoms with E-state index in [1.54, 1.807) is 6.07 Å². The molecule has 0 unspecified atom stereocenters. The predicted molar refractivity (Wildman–Crippen MR) is 88.8 cm³/mol. The Morgan fingerprint density at radius 1 is 1.36 bits per heavy atom. The molecule has 0 fully saturated rings. The van der Waals surface area contributed by atoms with E-state index in [2.05, 4.69) is 5.32 Å². The first kappa shape index (κ1) is 18.1. The first-order chi connectivity index (χ1) is 10.1. The Kier molecular flexibility index (Phi) is 6.95. The monoisotopic (exact) mass is 324 g/mol. The SMILES string of the molecule is CCCOc1cc(C)ccc1NC(=O)c1coc(CN)c1.Cl. The molecular formula is C16H21ClN2O3. The number of carbonyl (C=O) groups is 1. The minimum Gasteiger partial charge on any atom is -0.491 e. The van der Waals surface area contributed by atoms with Gasteiger partial charge in [0, 0.05) is 0 Å². The normalized spacial score (nSPS) is 9.95. The van der Waals surface area contributed by atoms with Gasteiger partial charge < -0.3 is 20.2 Å². The van der Waals surface area contributed by atoms with Crippen LogP contribution in [0.15, 0.2) is 34.9 Å². The predicted octanol–water partition coefficient (Wildman–Crippen LogP) is 3.51. The summed E-state index contributed by atoms with van der Waals surface area (Å²) in [5.41, 5.74) is 7.63. The smallest absolute Gasteiger partial charge is 0.259 e. The molecule has 1 amide bonds. The highest BCUT2D eigenvalue weighted by atomic mass is 35.5. The maximum absolute atomic E-state index is 12.2. The fraction of sp³-hybridized carbons (Fsp3) is 0.312. The number of carbonyl (C=O) groups excluding carboxylic acids is 1. The number of furan rings is 1. The first-order valence-electron chi connectivity index (χ1n) is 6.96. The van der Waals surface area contributed by atoms with Crippen LogP contribution in [0.3, 0.4) is 0 Å². The molecule has 0 spiro atoms. The van der Waals surface area contributed by atoms with E-state index in [-0.39, 0.29) is 24.9 Å². The van der Waals surface area contributed by atoms with Crippen molar-refractivity contribution >= 4 is 24.0 Å². The quantitative estimate of drug-likeness (QED) is 0.852. The molecule has 2 aromatic rings. The molecule has 0 aliphatic heterocycles. The van der Waals surface area contributed by atoms with Gasteiger partial charge in [0.1, 0.15) is 17.8 Å². The largest absolute Gasteiger partial charge is 0.491 e. The zero-order valence-electron chi connectivity index (χ0n) is 12.7. The Bertz CT molecular complexity index is 626. The zero-order valence-corrected chi connectivity index (χ0v) is 13.5. The molecule has 0 bridgehead atoms. The summed E-state index contributed by atoms with van der Waals surface area (Å²) >= 11 is 0. The number of anilines is 1. The number of amides is 1. The number of hydrogen-bond acceptors (Lipinski definition) is 4. The van der Waals surface area contributed by atoms with E-state index in [1.165, 1.54) is 6.26 Å². The van der Waals surface area contributed by atoms with Crippen LogP contribution in [0.25, 0.3) is 0 Å². The van der Waals surface area contributed by atoms with E-state index < -0.39 is 0 Å². The van der Waals surface area contributed by atoms with Crippen molar-refractivity contribution in [2.24, 2.45) is 5.73 Å². The van der Waals surface area contributed by atoms with Crippen molar-refractivity contribution in [3.8, 4) is 5.75 Å². The molecule has 0 atom stereocenters. The van der Waals surface area contributed by atoms with Gasteiger partial charge in [-0.15, -0.1) is 12.4 Å². The van der Waals surface area contributed by atoms with Gasteiger partial charge in [-0.1, -0.05) is 13.0 Å². The van der Waals surface area contributed by atoms with Crippen LogP contribution >= 0.6 is 12.4 Å². The molecule has 1 heterocycles. The van der Waals surface area contributed by atoms with E-state index in [4.69, 9.17) is 14.9 Å². The summed E-state index contributed by atoms with van der Waals surface area (Å²) in [6.07, 6.45) is 2.31. The van der Waals surface area contributed by atoms with Crippen molar-refractivity contribution < 1.29 is 13.9 Å². The summed E-state index contributed by atoms with van der Waals surface area (Å²) in [5, 5.41) is 2.84. The second kappa shape index (κ2) is 8.46. The summed E-state index contributed by atoms with van der Waals surface area (Å²) in [7, 11) is 0. The molecule has 0 saturated carbocycles. The first-order valence-corrected chi connectivity index (χ1v) is 6.96. The highest BCUT2D eigenvalue weighted by molar-refractivity contribution is 6.04. The number of halogens is 1. The zero-order chi connectivity index (χ0) is 15.2. The minimum atomic E-state index is -0.247. The van der Waals surface area contributed by atoms with Gasteiger partial charge in [-0.05, 0) is 37.1 Å². The number of hydrogen-bond donors (Lipinski definition) is 2. The fourth-order valence-corrected chi connectivity index (χ4v) is 1.87. The van der Waals surface area contributed by atoms with Crippen molar-refractivity contribution in [3.05, 3.63) is 47.4 Å². The Labute approximate surface area is 136 Å². The van der Waals surface area contributed by atoms with Gasteiger partial charge in [0.2, 0.25) is 0 Å². The molecule has 22 heavy (non-hydrogen) atoms.